The van der Waals surface area contributed by atoms with Gasteiger partial charge in [0.15, 0.2) is 5.82 Å². The average Bonchev–Trinajstić information content (AvgIpc) is 3.12. The second-order valence-corrected chi connectivity index (χ2v) is 6.34. The lowest BCUT2D eigenvalue weighted by Gasteiger charge is -2.05. The van der Waals surface area contributed by atoms with Crippen LogP contribution in [-0.4, -0.2) is 25.5 Å². The smallest absolute Gasteiger partial charge is 0.260 e. The third-order valence-corrected chi connectivity index (χ3v) is 4.53. The van der Waals surface area contributed by atoms with E-state index in [-0.39, 0.29) is 5.91 Å². The lowest BCUT2D eigenvalue weighted by atomic mass is 10.2. The van der Waals surface area contributed by atoms with Gasteiger partial charge in [0.05, 0.1) is 18.3 Å². The van der Waals surface area contributed by atoms with E-state index in [4.69, 9.17) is 23.2 Å². The molecular formula is C17H17Cl2N5O. The molecule has 0 saturated heterocycles. The van der Waals surface area contributed by atoms with Crippen molar-refractivity contribution in [1.82, 2.24) is 19.6 Å². The molecular weight excluding hydrogens is 361 g/mol. The summed E-state index contributed by atoms with van der Waals surface area (Å²) in [6.07, 6.45) is 3.20. The summed E-state index contributed by atoms with van der Waals surface area (Å²) in [6.45, 7) is 4.98. The van der Waals surface area contributed by atoms with Crippen molar-refractivity contribution in [2.24, 2.45) is 0 Å². The van der Waals surface area contributed by atoms with E-state index in [0.717, 1.165) is 11.3 Å². The van der Waals surface area contributed by atoms with E-state index >= 15 is 0 Å². The molecule has 25 heavy (non-hydrogen) atoms. The fraction of sp³-hybridized carbons (Fsp3) is 0.235. The van der Waals surface area contributed by atoms with Crippen LogP contribution in [-0.2, 0) is 13.1 Å². The molecule has 8 heteroatoms. The number of hydrogen-bond donors (Lipinski definition) is 1. The molecule has 0 spiro atoms. The standard InChI is InChI=1S/C17H17Cl2N5O/c1-3-24-11(2)13(8-20-24)17(25)21-16-15(19)10-23(22-16)9-12-6-4-5-7-14(12)18/h4-8,10H,3,9H2,1-2H3,(H,21,22,25). The summed E-state index contributed by atoms with van der Waals surface area (Å²) >= 11 is 12.4. The molecule has 3 aromatic rings. The predicted octanol–water partition coefficient (Wildman–Crippen LogP) is 4.02. The van der Waals surface area contributed by atoms with Crippen LogP contribution in [0.2, 0.25) is 10.0 Å². The van der Waals surface area contributed by atoms with Crippen molar-refractivity contribution in [2.75, 3.05) is 5.32 Å². The summed E-state index contributed by atoms with van der Waals surface area (Å²) in [5.41, 5.74) is 2.21. The van der Waals surface area contributed by atoms with E-state index in [1.165, 1.54) is 0 Å². The van der Waals surface area contributed by atoms with E-state index in [1.54, 1.807) is 21.8 Å². The number of aromatic nitrogens is 4. The molecule has 3 rings (SSSR count). The van der Waals surface area contributed by atoms with Crippen molar-refractivity contribution < 1.29 is 4.79 Å². The van der Waals surface area contributed by atoms with Gasteiger partial charge in [-0.1, -0.05) is 41.4 Å². The maximum Gasteiger partial charge on any atom is 0.260 e. The van der Waals surface area contributed by atoms with Crippen molar-refractivity contribution in [1.29, 1.82) is 0 Å². The van der Waals surface area contributed by atoms with Gasteiger partial charge in [0, 0.05) is 23.5 Å². The Bertz CT molecular complexity index is 916. The highest BCUT2D eigenvalue weighted by atomic mass is 35.5. The molecule has 6 nitrogen and oxygen atoms in total. The molecule has 0 aliphatic rings. The number of benzene rings is 1. The Kier molecular flexibility index (Phi) is 5.11. The number of halogens is 2. The van der Waals surface area contributed by atoms with Crippen molar-refractivity contribution in [3.63, 3.8) is 0 Å². The summed E-state index contributed by atoms with van der Waals surface area (Å²) in [6, 6.07) is 7.51. The van der Waals surface area contributed by atoms with Gasteiger partial charge in [-0.25, -0.2) is 0 Å². The number of aryl methyl sites for hydroxylation is 1. The molecule has 0 aliphatic carbocycles. The highest BCUT2D eigenvalue weighted by Gasteiger charge is 2.17. The SMILES string of the molecule is CCn1ncc(C(=O)Nc2nn(Cc3ccccc3Cl)cc2Cl)c1C. The molecule has 2 heterocycles. The summed E-state index contributed by atoms with van der Waals surface area (Å²) in [5.74, 6) is 0.0180. The first-order valence-corrected chi connectivity index (χ1v) is 8.55. The first kappa shape index (κ1) is 17.5. The van der Waals surface area contributed by atoms with E-state index in [1.807, 2.05) is 38.1 Å². The number of nitrogens with one attached hydrogen (secondary N) is 1. The van der Waals surface area contributed by atoms with Crippen LogP contribution in [0.15, 0.2) is 36.7 Å². The van der Waals surface area contributed by atoms with Crippen LogP contribution in [0.3, 0.4) is 0 Å². The van der Waals surface area contributed by atoms with Crippen LogP contribution in [0, 0.1) is 6.92 Å². The molecule has 0 bridgehead atoms. The fourth-order valence-electron chi connectivity index (χ4n) is 2.53. The minimum Gasteiger partial charge on any atom is -0.304 e. The minimum absolute atomic E-state index is 0.290. The summed E-state index contributed by atoms with van der Waals surface area (Å²) < 4.78 is 3.40. The van der Waals surface area contributed by atoms with Crippen LogP contribution in [0.1, 0.15) is 28.5 Å². The molecule has 1 amide bonds. The number of rotatable bonds is 5. The number of hydrogen-bond acceptors (Lipinski definition) is 3. The van der Waals surface area contributed by atoms with Crippen LogP contribution in [0.25, 0.3) is 0 Å². The Labute approximate surface area is 155 Å². The van der Waals surface area contributed by atoms with Crippen LogP contribution < -0.4 is 5.32 Å². The van der Waals surface area contributed by atoms with Gasteiger partial charge in [-0.05, 0) is 25.5 Å². The highest BCUT2D eigenvalue weighted by molar-refractivity contribution is 6.33. The molecule has 0 atom stereocenters. The Morgan fingerprint density at radius 1 is 1.24 bits per heavy atom. The molecule has 0 radical (unpaired) electrons. The zero-order chi connectivity index (χ0) is 18.0. The highest BCUT2D eigenvalue weighted by Crippen LogP contribution is 2.23. The van der Waals surface area contributed by atoms with E-state index < -0.39 is 0 Å². The average molecular weight is 378 g/mol. The van der Waals surface area contributed by atoms with E-state index in [0.29, 0.717) is 34.5 Å². The lowest BCUT2D eigenvalue weighted by Crippen LogP contribution is -2.14. The second kappa shape index (κ2) is 7.29. The predicted molar refractivity (Wildman–Crippen MR) is 98.4 cm³/mol. The number of amides is 1. The van der Waals surface area contributed by atoms with Gasteiger partial charge >= 0.3 is 0 Å². The summed E-state index contributed by atoms with van der Waals surface area (Å²) in [5, 5.41) is 12.3. The van der Waals surface area contributed by atoms with E-state index in [9.17, 15) is 4.79 Å². The second-order valence-electron chi connectivity index (χ2n) is 5.53. The first-order valence-electron chi connectivity index (χ1n) is 7.79. The molecule has 2 aromatic heterocycles. The molecule has 1 N–H and O–H groups in total. The maximum atomic E-state index is 12.4. The molecule has 0 fully saturated rings. The Hall–Kier alpha value is -2.31. The molecule has 0 unspecified atom stereocenters. The fourth-order valence-corrected chi connectivity index (χ4v) is 2.92. The van der Waals surface area contributed by atoms with Crippen LogP contribution in [0.5, 0.6) is 0 Å². The quantitative estimate of drug-likeness (QED) is 0.730. The largest absolute Gasteiger partial charge is 0.304 e. The van der Waals surface area contributed by atoms with Gasteiger partial charge < -0.3 is 5.32 Å². The molecule has 1 aromatic carbocycles. The summed E-state index contributed by atoms with van der Waals surface area (Å²) in [7, 11) is 0. The van der Waals surface area contributed by atoms with Gasteiger partial charge in [-0.2, -0.15) is 10.2 Å². The number of anilines is 1. The van der Waals surface area contributed by atoms with E-state index in [2.05, 4.69) is 15.5 Å². The number of carbonyl (C=O) groups is 1. The van der Waals surface area contributed by atoms with Crippen molar-refractivity contribution in [3.05, 3.63) is 63.5 Å². The van der Waals surface area contributed by atoms with Gasteiger partial charge in [-0.15, -0.1) is 0 Å². The zero-order valence-electron chi connectivity index (χ0n) is 13.8. The van der Waals surface area contributed by atoms with Gasteiger partial charge in [0.1, 0.15) is 5.02 Å². The van der Waals surface area contributed by atoms with Gasteiger partial charge in [-0.3, -0.25) is 14.2 Å². The van der Waals surface area contributed by atoms with Gasteiger partial charge in [0.25, 0.3) is 5.91 Å². The zero-order valence-corrected chi connectivity index (χ0v) is 15.3. The topological polar surface area (TPSA) is 64.7 Å². The Morgan fingerprint density at radius 2 is 2.00 bits per heavy atom. The molecule has 0 aliphatic heterocycles. The van der Waals surface area contributed by atoms with Crippen LogP contribution in [0.4, 0.5) is 5.82 Å². The number of nitrogens with zero attached hydrogens (tertiary/aromatic N) is 4. The third-order valence-electron chi connectivity index (χ3n) is 3.89. The van der Waals surface area contributed by atoms with Crippen molar-refractivity contribution in [3.8, 4) is 0 Å². The maximum absolute atomic E-state index is 12.4. The monoisotopic (exact) mass is 377 g/mol. The minimum atomic E-state index is -0.290. The number of carbonyl (C=O) groups excluding carboxylic acids is 1. The molecule has 130 valence electrons. The van der Waals surface area contributed by atoms with Crippen LogP contribution >= 0.6 is 23.2 Å². The molecule has 0 saturated carbocycles. The van der Waals surface area contributed by atoms with Crippen molar-refractivity contribution >= 4 is 34.9 Å². The third kappa shape index (κ3) is 3.70. The van der Waals surface area contributed by atoms with Gasteiger partial charge in [0.2, 0.25) is 0 Å². The summed E-state index contributed by atoms with van der Waals surface area (Å²) in [4.78, 5) is 12.4. The Morgan fingerprint density at radius 3 is 2.68 bits per heavy atom. The first-order chi connectivity index (χ1) is 12.0. The normalized spacial score (nSPS) is 10.9. The van der Waals surface area contributed by atoms with Crippen molar-refractivity contribution in [2.45, 2.75) is 26.9 Å². The lowest BCUT2D eigenvalue weighted by molar-refractivity contribution is 0.102. The Balaban J connectivity index is 1.77.